The van der Waals surface area contributed by atoms with Crippen LogP contribution in [0.15, 0.2) is 23.1 Å². The minimum absolute atomic E-state index is 0.0472. The van der Waals surface area contributed by atoms with Gasteiger partial charge in [-0.3, -0.25) is 9.48 Å². The molecule has 142 valence electrons. The molecule has 0 spiro atoms. The minimum atomic E-state index is -0.0779. The summed E-state index contributed by atoms with van der Waals surface area (Å²) in [6.07, 6.45) is 1.82. The lowest BCUT2D eigenvalue weighted by atomic mass is 9.92. The summed E-state index contributed by atoms with van der Waals surface area (Å²) in [6, 6.07) is 3.45. The van der Waals surface area contributed by atoms with Crippen LogP contribution in [0.4, 0.5) is 5.82 Å². The van der Waals surface area contributed by atoms with Crippen LogP contribution >= 0.6 is 0 Å². The third-order valence-electron chi connectivity index (χ3n) is 5.01. The first kappa shape index (κ1) is 17.6. The zero-order chi connectivity index (χ0) is 19.3. The Balaban J connectivity index is 1.52. The first-order chi connectivity index (χ1) is 12.7. The molecule has 0 bridgehead atoms. The van der Waals surface area contributed by atoms with E-state index in [2.05, 4.69) is 45.8 Å². The topological polar surface area (TPSA) is 81.7 Å². The molecule has 0 N–H and O–H groups in total. The molecule has 4 heterocycles. The van der Waals surface area contributed by atoms with Gasteiger partial charge in [-0.05, 0) is 13.0 Å². The normalized spacial score (nSPS) is 15.4. The predicted molar refractivity (Wildman–Crippen MR) is 104 cm³/mol. The number of hydrogen-bond donors (Lipinski definition) is 0. The van der Waals surface area contributed by atoms with Gasteiger partial charge in [0.05, 0.1) is 23.8 Å². The van der Waals surface area contributed by atoms with Crippen LogP contribution in [-0.4, -0.2) is 42.6 Å². The number of hydrogen-bond acceptors (Lipinski definition) is 6. The molecular formula is C19H25N7O. The lowest BCUT2D eigenvalue weighted by molar-refractivity contribution is 0.328. The molecule has 3 aromatic rings. The molecule has 1 aliphatic heterocycles. The highest BCUT2D eigenvalue weighted by Crippen LogP contribution is 2.29. The average Bonchev–Trinajstić information content (AvgIpc) is 2.91. The predicted octanol–water partition coefficient (Wildman–Crippen LogP) is 1.66. The molecular weight excluding hydrogens is 342 g/mol. The molecule has 8 heteroatoms. The zero-order valence-corrected chi connectivity index (χ0v) is 16.5. The molecule has 0 unspecified atom stereocenters. The summed E-state index contributed by atoms with van der Waals surface area (Å²) in [6.45, 7) is 10.5. The first-order valence-electron chi connectivity index (χ1n) is 9.22. The SMILES string of the molecule is Cc1nc(N2CC(Cn3nc(C(C)(C)C)ccc3=O)C2)c2cnn(C)c2n1. The van der Waals surface area contributed by atoms with E-state index >= 15 is 0 Å². The van der Waals surface area contributed by atoms with Gasteiger partial charge in [0.15, 0.2) is 5.65 Å². The molecule has 0 saturated carbocycles. The number of aromatic nitrogens is 6. The minimum Gasteiger partial charge on any atom is -0.355 e. The quantitative estimate of drug-likeness (QED) is 0.700. The van der Waals surface area contributed by atoms with Crippen LogP contribution < -0.4 is 10.5 Å². The van der Waals surface area contributed by atoms with Crippen molar-refractivity contribution >= 4 is 16.9 Å². The second-order valence-corrected chi connectivity index (χ2v) is 8.36. The van der Waals surface area contributed by atoms with E-state index in [1.807, 2.05) is 26.2 Å². The molecule has 0 atom stereocenters. The third kappa shape index (κ3) is 3.20. The summed E-state index contributed by atoms with van der Waals surface area (Å²) in [4.78, 5) is 23.5. The second kappa shape index (κ2) is 6.14. The van der Waals surface area contributed by atoms with Gasteiger partial charge < -0.3 is 4.90 Å². The van der Waals surface area contributed by atoms with Crippen molar-refractivity contribution in [2.45, 2.75) is 39.7 Å². The van der Waals surface area contributed by atoms with Gasteiger partial charge in [0.2, 0.25) is 0 Å². The summed E-state index contributed by atoms with van der Waals surface area (Å²) in [7, 11) is 1.89. The van der Waals surface area contributed by atoms with Crippen molar-refractivity contribution in [3.05, 3.63) is 40.2 Å². The van der Waals surface area contributed by atoms with Gasteiger partial charge in [-0.2, -0.15) is 10.2 Å². The summed E-state index contributed by atoms with van der Waals surface area (Å²) in [5, 5.41) is 9.84. The maximum atomic E-state index is 12.2. The van der Waals surface area contributed by atoms with Gasteiger partial charge in [0.1, 0.15) is 11.6 Å². The number of aryl methyl sites for hydroxylation is 2. The highest BCUT2D eigenvalue weighted by molar-refractivity contribution is 5.87. The van der Waals surface area contributed by atoms with Crippen LogP contribution in [0.5, 0.6) is 0 Å². The van der Waals surface area contributed by atoms with Gasteiger partial charge in [-0.25, -0.2) is 14.6 Å². The molecule has 27 heavy (non-hydrogen) atoms. The molecule has 0 radical (unpaired) electrons. The first-order valence-corrected chi connectivity index (χ1v) is 9.22. The van der Waals surface area contributed by atoms with Crippen LogP contribution in [-0.2, 0) is 19.0 Å². The van der Waals surface area contributed by atoms with E-state index in [1.165, 1.54) is 0 Å². The van der Waals surface area contributed by atoms with Crippen molar-refractivity contribution in [3.63, 3.8) is 0 Å². The summed E-state index contributed by atoms with van der Waals surface area (Å²) in [5.41, 5.74) is 1.65. The Bertz CT molecular complexity index is 1050. The van der Waals surface area contributed by atoms with Crippen LogP contribution in [0.25, 0.3) is 11.0 Å². The van der Waals surface area contributed by atoms with Crippen LogP contribution in [0.2, 0.25) is 0 Å². The van der Waals surface area contributed by atoms with E-state index in [0.717, 1.165) is 41.5 Å². The zero-order valence-electron chi connectivity index (χ0n) is 16.5. The van der Waals surface area contributed by atoms with E-state index in [4.69, 9.17) is 0 Å². The van der Waals surface area contributed by atoms with E-state index in [-0.39, 0.29) is 11.0 Å². The van der Waals surface area contributed by atoms with Crippen molar-refractivity contribution in [1.29, 1.82) is 0 Å². The average molecular weight is 367 g/mol. The van der Waals surface area contributed by atoms with Crippen molar-refractivity contribution < 1.29 is 0 Å². The maximum absolute atomic E-state index is 12.2. The molecule has 0 amide bonds. The Morgan fingerprint density at radius 1 is 1.19 bits per heavy atom. The van der Waals surface area contributed by atoms with Crippen molar-refractivity contribution in [3.8, 4) is 0 Å². The summed E-state index contributed by atoms with van der Waals surface area (Å²) in [5.74, 6) is 2.03. The Morgan fingerprint density at radius 3 is 2.63 bits per heavy atom. The van der Waals surface area contributed by atoms with E-state index in [1.54, 1.807) is 15.4 Å². The Labute approximate surface area is 157 Å². The largest absolute Gasteiger partial charge is 0.355 e. The van der Waals surface area contributed by atoms with E-state index < -0.39 is 0 Å². The second-order valence-electron chi connectivity index (χ2n) is 8.36. The Morgan fingerprint density at radius 2 is 1.93 bits per heavy atom. The molecule has 1 aliphatic rings. The monoisotopic (exact) mass is 367 g/mol. The van der Waals surface area contributed by atoms with Crippen molar-refractivity contribution in [2.75, 3.05) is 18.0 Å². The highest BCUT2D eigenvalue weighted by atomic mass is 16.1. The van der Waals surface area contributed by atoms with Crippen molar-refractivity contribution in [1.82, 2.24) is 29.5 Å². The molecule has 4 rings (SSSR count). The lowest BCUT2D eigenvalue weighted by Crippen LogP contribution is -2.50. The lowest BCUT2D eigenvalue weighted by Gasteiger charge is -2.40. The number of fused-ring (bicyclic) bond motifs is 1. The maximum Gasteiger partial charge on any atom is 0.266 e. The van der Waals surface area contributed by atoms with Crippen LogP contribution in [0.1, 0.15) is 32.3 Å². The Kier molecular flexibility index (Phi) is 4.01. The van der Waals surface area contributed by atoms with Crippen LogP contribution in [0, 0.1) is 12.8 Å². The molecule has 1 fully saturated rings. The Hall–Kier alpha value is -2.77. The molecule has 3 aromatic heterocycles. The molecule has 1 saturated heterocycles. The highest BCUT2D eigenvalue weighted by Gasteiger charge is 2.31. The summed E-state index contributed by atoms with van der Waals surface area (Å²) >= 11 is 0. The fourth-order valence-electron chi connectivity index (χ4n) is 3.44. The van der Waals surface area contributed by atoms with Gasteiger partial charge in [-0.1, -0.05) is 20.8 Å². The number of rotatable bonds is 3. The molecule has 0 aliphatic carbocycles. The van der Waals surface area contributed by atoms with Gasteiger partial charge in [0, 0.05) is 37.5 Å². The van der Waals surface area contributed by atoms with E-state index in [0.29, 0.717) is 12.5 Å². The summed E-state index contributed by atoms with van der Waals surface area (Å²) < 4.78 is 3.37. The van der Waals surface area contributed by atoms with E-state index in [9.17, 15) is 4.79 Å². The number of nitrogens with zero attached hydrogens (tertiary/aromatic N) is 7. The molecule has 8 nitrogen and oxygen atoms in total. The van der Waals surface area contributed by atoms with Gasteiger partial charge in [0.25, 0.3) is 5.56 Å². The molecule has 0 aromatic carbocycles. The smallest absolute Gasteiger partial charge is 0.266 e. The fourth-order valence-corrected chi connectivity index (χ4v) is 3.44. The fraction of sp³-hybridized carbons (Fsp3) is 0.526. The van der Waals surface area contributed by atoms with Gasteiger partial charge >= 0.3 is 0 Å². The van der Waals surface area contributed by atoms with Crippen LogP contribution in [0.3, 0.4) is 0 Å². The van der Waals surface area contributed by atoms with Gasteiger partial charge in [-0.15, -0.1) is 0 Å². The third-order valence-corrected chi connectivity index (χ3v) is 5.01. The number of anilines is 1. The standard InChI is InChI=1S/C19H25N7O/c1-12-21-17-14(8-20-24(17)5)18(22-12)25-9-13(10-25)11-26-16(27)7-6-15(23-26)19(2,3)4/h6-8,13H,9-11H2,1-5H3. The van der Waals surface area contributed by atoms with Crippen molar-refractivity contribution in [2.24, 2.45) is 13.0 Å².